The van der Waals surface area contributed by atoms with E-state index in [2.05, 4.69) is 10.3 Å². The molecule has 0 unspecified atom stereocenters. The van der Waals surface area contributed by atoms with Crippen molar-refractivity contribution in [3.05, 3.63) is 18.3 Å². The summed E-state index contributed by atoms with van der Waals surface area (Å²) in [4.78, 5) is 17.6. The minimum absolute atomic E-state index is 0.203. The highest BCUT2D eigenvalue weighted by atomic mass is 16.2. The van der Waals surface area contributed by atoms with Crippen LogP contribution < -0.4 is 10.2 Å². The maximum atomic E-state index is 11.7. The van der Waals surface area contributed by atoms with E-state index in [4.69, 9.17) is 0 Å². The molecule has 1 aromatic heterocycles. The first-order valence-corrected chi connectivity index (χ1v) is 5.13. The number of hydrogen-bond acceptors (Lipinski definition) is 3. The monoisotopic (exact) mass is 205 g/mol. The first kappa shape index (κ1) is 9.96. The molecule has 15 heavy (non-hydrogen) atoms. The number of nitrogens with one attached hydrogen (secondary N) is 1. The SMILES string of the molecule is CNc1ccc(N(C)C(=O)C2CC2)cn1. The van der Waals surface area contributed by atoms with E-state index in [9.17, 15) is 4.79 Å². The van der Waals surface area contributed by atoms with Crippen molar-refractivity contribution in [1.29, 1.82) is 0 Å². The molecular weight excluding hydrogens is 190 g/mol. The molecular formula is C11H15N3O. The summed E-state index contributed by atoms with van der Waals surface area (Å²) in [6, 6.07) is 3.77. The van der Waals surface area contributed by atoms with Crippen molar-refractivity contribution in [3.63, 3.8) is 0 Å². The molecule has 0 atom stereocenters. The van der Waals surface area contributed by atoms with Gasteiger partial charge in [0.05, 0.1) is 11.9 Å². The van der Waals surface area contributed by atoms with E-state index in [1.54, 1.807) is 18.1 Å². The van der Waals surface area contributed by atoms with Gasteiger partial charge in [0.1, 0.15) is 5.82 Å². The van der Waals surface area contributed by atoms with Crippen molar-refractivity contribution in [1.82, 2.24) is 4.98 Å². The summed E-state index contributed by atoms with van der Waals surface area (Å²) in [5.41, 5.74) is 0.853. The van der Waals surface area contributed by atoms with Gasteiger partial charge in [-0.3, -0.25) is 4.79 Å². The number of carbonyl (C=O) groups excluding carboxylic acids is 1. The van der Waals surface area contributed by atoms with Crippen molar-refractivity contribution in [3.8, 4) is 0 Å². The van der Waals surface area contributed by atoms with E-state index < -0.39 is 0 Å². The molecule has 0 aliphatic heterocycles. The first-order valence-electron chi connectivity index (χ1n) is 5.13. The predicted octanol–water partition coefficient (Wildman–Crippen LogP) is 1.50. The maximum absolute atomic E-state index is 11.7. The molecule has 80 valence electrons. The van der Waals surface area contributed by atoms with Gasteiger partial charge in [-0.2, -0.15) is 0 Å². The van der Waals surface area contributed by atoms with Crippen LogP contribution in [-0.2, 0) is 4.79 Å². The molecule has 1 saturated carbocycles. The van der Waals surface area contributed by atoms with E-state index in [-0.39, 0.29) is 11.8 Å². The van der Waals surface area contributed by atoms with Crippen LogP contribution in [0.15, 0.2) is 18.3 Å². The number of amides is 1. The van der Waals surface area contributed by atoms with E-state index >= 15 is 0 Å². The summed E-state index contributed by atoms with van der Waals surface area (Å²) in [6.45, 7) is 0. The van der Waals surface area contributed by atoms with Crippen LogP contribution in [0, 0.1) is 5.92 Å². The molecule has 4 heteroatoms. The molecule has 0 aromatic carbocycles. The third-order valence-corrected chi connectivity index (χ3v) is 2.65. The van der Waals surface area contributed by atoms with Gasteiger partial charge >= 0.3 is 0 Å². The van der Waals surface area contributed by atoms with Gasteiger partial charge in [0.25, 0.3) is 0 Å². The third kappa shape index (κ3) is 2.09. The summed E-state index contributed by atoms with van der Waals surface area (Å²) in [6.07, 6.45) is 3.78. The fourth-order valence-electron chi connectivity index (χ4n) is 1.46. The second-order valence-corrected chi connectivity index (χ2v) is 3.82. The Balaban J connectivity index is 2.10. The van der Waals surface area contributed by atoms with Gasteiger partial charge in [-0.05, 0) is 25.0 Å². The molecule has 4 nitrogen and oxygen atoms in total. The van der Waals surface area contributed by atoms with Crippen LogP contribution in [0.4, 0.5) is 11.5 Å². The van der Waals surface area contributed by atoms with E-state index in [1.807, 2.05) is 19.2 Å². The predicted molar refractivity (Wildman–Crippen MR) is 59.9 cm³/mol. The summed E-state index contributed by atoms with van der Waals surface area (Å²) < 4.78 is 0. The maximum Gasteiger partial charge on any atom is 0.229 e. The standard InChI is InChI=1S/C11H15N3O/c1-12-10-6-5-9(7-13-10)14(2)11(15)8-3-4-8/h5-8H,3-4H2,1-2H3,(H,12,13). The fraction of sp³-hybridized carbons (Fsp3) is 0.455. The number of pyridine rings is 1. The topological polar surface area (TPSA) is 45.2 Å². The van der Waals surface area contributed by atoms with E-state index in [0.717, 1.165) is 24.3 Å². The van der Waals surface area contributed by atoms with Gasteiger partial charge < -0.3 is 10.2 Å². The molecule has 1 heterocycles. The highest BCUT2D eigenvalue weighted by molar-refractivity contribution is 5.95. The fourth-order valence-corrected chi connectivity index (χ4v) is 1.46. The number of rotatable bonds is 3. The van der Waals surface area contributed by atoms with Crippen molar-refractivity contribution < 1.29 is 4.79 Å². The lowest BCUT2D eigenvalue weighted by atomic mass is 10.3. The first-order chi connectivity index (χ1) is 7.22. The Morgan fingerprint density at radius 2 is 2.27 bits per heavy atom. The van der Waals surface area contributed by atoms with E-state index in [1.165, 1.54) is 0 Å². The Kier molecular flexibility index (Phi) is 2.58. The van der Waals surface area contributed by atoms with Crippen molar-refractivity contribution in [2.24, 2.45) is 5.92 Å². The minimum Gasteiger partial charge on any atom is -0.373 e. The summed E-state index contributed by atoms with van der Waals surface area (Å²) in [5.74, 6) is 1.26. The van der Waals surface area contributed by atoms with Crippen LogP contribution >= 0.6 is 0 Å². The zero-order valence-corrected chi connectivity index (χ0v) is 9.03. The Bertz CT molecular complexity index is 357. The number of hydrogen-bond donors (Lipinski definition) is 1. The molecule has 1 N–H and O–H groups in total. The minimum atomic E-state index is 0.203. The molecule has 0 spiro atoms. The lowest BCUT2D eigenvalue weighted by Gasteiger charge is -2.16. The summed E-state index contributed by atoms with van der Waals surface area (Å²) in [7, 11) is 3.62. The third-order valence-electron chi connectivity index (χ3n) is 2.65. The smallest absolute Gasteiger partial charge is 0.229 e. The second kappa shape index (κ2) is 3.88. The van der Waals surface area contributed by atoms with E-state index in [0.29, 0.717) is 0 Å². The number of nitrogens with zero attached hydrogens (tertiary/aromatic N) is 2. The van der Waals surface area contributed by atoms with Crippen LogP contribution in [-0.4, -0.2) is 25.0 Å². The Morgan fingerprint density at radius 3 is 2.73 bits per heavy atom. The van der Waals surface area contributed by atoms with Crippen molar-refractivity contribution in [2.75, 3.05) is 24.3 Å². The summed E-state index contributed by atoms with van der Waals surface area (Å²) in [5, 5.41) is 2.94. The molecule has 1 aliphatic rings. The Hall–Kier alpha value is -1.58. The van der Waals surface area contributed by atoms with Crippen LogP contribution in [0.25, 0.3) is 0 Å². The van der Waals surface area contributed by atoms with Crippen LogP contribution in [0.3, 0.4) is 0 Å². The number of carbonyl (C=O) groups is 1. The average molecular weight is 205 g/mol. The molecule has 0 saturated heterocycles. The highest BCUT2D eigenvalue weighted by Crippen LogP contribution is 2.32. The van der Waals surface area contributed by atoms with Gasteiger partial charge in [-0.15, -0.1) is 0 Å². The average Bonchev–Trinajstić information content (AvgIpc) is 3.11. The van der Waals surface area contributed by atoms with Crippen molar-refractivity contribution in [2.45, 2.75) is 12.8 Å². The van der Waals surface area contributed by atoms with Gasteiger partial charge in [0.15, 0.2) is 0 Å². The normalized spacial score (nSPS) is 14.8. The quantitative estimate of drug-likeness (QED) is 0.813. The van der Waals surface area contributed by atoms with Gasteiger partial charge in [-0.1, -0.05) is 0 Å². The van der Waals surface area contributed by atoms with Gasteiger partial charge in [0.2, 0.25) is 5.91 Å². The second-order valence-electron chi connectivity index (χ2n) is 3.82. The lowest BCUT2D eigenvalue weighted by molar-refractivity contribution is -0.119. The van der Waals surface area contributed by atoms with Crippen LogP contribution in [0.5, 0.6) is 0 Å². The molecule has 1 aromatic rings. The zero-order chi connectivity index (χ0) is 10.8. The van der Waals surface area contributed by atoms with Crippen LogP contribution in [0.2, 0.25) is 0 Å². The molecule has 1 amide bonds. The zero-order valence-electron chi connectivity index (χ0n) is 9.03. The molecule has 1 fully saturated rings. The van der Waals surface area contributed by atoms with Crippen LogP contribution in [0.1, 0.15) is 12.8 Å². The molecule has 0 bridgehead atoms. The summed E-state index contributed by atoms with van der Waals surface area (Å²) >= 11 is 0. The largest absolute Gasteiger partial charge is 0.373 e. The molecule has 1 aliphatic carbocycles. The van der Waals surface area contributed by atoms with Gasteiger partial charge in [-0.25, -0.2) is 4.98 Å². The number of aromatic nitrogens is 1. The lowest BCUT2D eigenvalue weighted by Crippen LogP contribution is -2.27. The molecule has 2 rings (SSSR count). The molecule has 0 radical (unpaired) electrons. The Morgan fingerprint density at radius 1 is 1.53 bits per heavy atom. The van der Waals surface area contributed by atoms with Crippen molar-refractivity contribution >= 4 is 17.4 Å². The number of anilines is 2. The van der Waals surface area contributed by atoms with Gasteiger partial charge in [0, 0.05) is 20.0 Å². The Labute approximate surface area is 89.3 Å². The highest BCUT2D eigenvalue weighted by Gasteiger charge is 2.32.